The van der Waals surface area contributed by atoms with E-state index in [4.69, 9.17) is 9.47 Å². The fourth-order valence-corrected chi connectivity index (χ4v) is 3.54. The summed E-state index contributed by atoms with van der Waals surface area (Å²) in [5.74, 6) is 0.607. The van der Waals surface area contributed by atoms with Gasteiger partial charge in [0.1, 0.15) is 19.8 Å². The number of ether oxygens (including phenoxy) is 2. The van der Waals surface area contributed by atoms with Gasteiger partial charge in [0.15, 0.2) is 11.5 Å². The molecular weight excluding hydrogens is 386 g/mol. The van der Waals surface area contributed by atoms with Gasteiger partial charge in [0.05, 0.1) is 17.4 Å². The fraction of sp³-hybridized carbons (Fsp3) is 0.318. The third-order valence-corrected chi connectivity index (χ3v) is 5.08. The lowest BCUT2D eigenvalue weighted by Crippen LogP contribution is -2.42. The highest BCUT2D eigenvalue weighted by Crippen LogP contribution is 2.33. The molecular formula is C22H23N3O5. The van der Waals surface area contributed by atoms with Crippen LogP contribution in [-0.4, -0.2) is 37.5 Å². The van der Waals surface area contributed by atoms with Crippen molar-refractivity contribution in [2.24, 2.45) is 0 Å². The van der Waals surface area contributed by atoms with Crippen LogP contribution in [0.1, 0.15) is 31.4 Å². The first-order chi connectivity index (χ1) is 14.5. The van der Waals surface area contributed by atoms with Crippen LogP contribution in [0, 0.1) is 0 Å². The average molecular weight is 409 g/mol. The molecule has 1 atom stereocenters. The van der Waals surface area contributed by atoms with Crippen molar-refractivity contribution in [3.05, 3.63) is 48.0 Å². The van der Waals surface area contributed by atoms with Crippen molar-refractivity contribution in [2.75, 3.05) is 30.0 Å². The molecule has 2 aromatic rings. The highest BCUT2D eigenvalue weighted by atomic mass is 16.6. The molecule has 3 amide bonds. The predicted molar refractivity (Wildman–Crippen MR) is 111 cm³/mol. The average Bonchev–Trinajstić information content (AvgIpc) is 2.76. The van der Waals surface area contributed by atoms with Gasteiger partial charge >= 0.3 is 0 Å². The molecule has 0 aliphatic carbocycles. The second kappa shape index (κ2) is 8.44. The van der Waals surface area contributed by atoms with Crippen LogP contribution >= 0.6 is 0 Å². The maximum absolute atomic E-state index is 12.7. The maximum atomic E-state index is 12.7. The highest BCUT2D eigenvalue weighted by Gasteiger charge is 2.26. The van der Waals surface area contributed by atoms with Crippen molar-refractivity contribution in [1.82, 2.24) is 5.32 Å². The summed E-state index contributed by atoms with van der Waals surface area (Å²) in [6, 6.07) is 12.4. The highest BCUT2D eigenvalue weighted by molar-refractivity contribution is 6.10. The van der Waals surface area contributed by atoms with Crippen LogP contribution in [0.5, 0.6) is 11.5 Å². The Hall–Kier alpha value is -3.55. The number of nitrogens with zero attached hydrogens (tertiary/aromatic N) is 1. The zero-order chi connectivity index (χ0) is 21.1. The van der Waals surface area contributed by atoms with Crippen molar-refractivity contribution in [3.8, 4) is 11.5 Å². The molecule has 1 unspecified atom stereocenters. The minimum atomic E-state index is -0.264. The Balaban J connectivity index is 1.34. The van der Waals surface area contributed by atoms with E-state index in [-0.39, 0.29) is 43.1 Å². The summed E-state index contributed by atoms with van der Waals surface area (Å²) in [4.78, 5) is 38.4. The van der Waals surface area contributed by atoms with Gasteiger partial charge < -0.3 is 25.0 Å². The smallest absolute Gasteiger partial charge is 0.244 e. The zero-order valence-corrected chi connectivity index (χ0v) is 16.6. The Morgan fingerprint density at radius 3 is 2.70 bits per heavy atom. The Bertz CT molecular complexity index is 990. The SMILES string of the molecule is CC(NC(=O)CCC(=O)N1CC(=O)Nc2ccccc21)c1ccc2c(c1)OCCO2. The lowest BCUT2D eigenvalue weighted by Gasteiger charge is -2.29. The van der Waals surface area contributed by atoms with E-state index >= 15 is 0 Å². The summed E-state index contributed by atoms with van der Waals surface area (Å²) >= 11 is 0. The number of fused-ring (bicyclic) bond motifs is 2. The van der Waals surface area contributed by atoms with Crippen LogP contribution in [0.4, 0.5) is 11.4 Å². The van der Waals surface area contributed by atoms with Crippen molar-refractivity contribution >= 4 is 29.1 Å². The van der Waals surface area contributed by atoms with Crippen LogP contribution in [-0.2, 0) is 14.4 Å². The summed E-state index contributed by atoms with van der Waals surface area (Å²) in [5, 5.41) is 5.65. The van der Waals surface area contributed by atoms with Crippen LogP contribution < -0.4 is 25.0 Å². The number of hydrogen-bond donors (Lipinski definition) is 2. The van der Waals surface area contributed by atoms with Crippen molar-refractivity contribution in [1.29, 1.82) is 0 Å². The molecule has 2 aromatic carbocycles. The summed E-state index contributed by atoms with van der Waals surface area (Å²) < 4.78 is 11.1. The molecule has 0 spiro atoms. The first kappa shape index (κ1) is 19.8. The standard InChI is InChI=1S/C22H23N3O5/c1-14(15-6-7-18-19(12-15)30-11-10-29-18)23-20(26)8-9-22(28)25-13-21(27)24-16-4-2-3-5-17(16)25/h2-7,12,14H,8-11,13H2,1H3,(H,23,26)(H,24,27). The number of anilines is 2. The molecule has 8 nitrogen and oxygen atoms in total. The van der Waals surface area contributed by atoms with E-state index in [1.807, 2.05) is 25.1 Å². The van der Waals surface area contributed by atoms with E-state index in [1.165, 1.54) is 4.90 Å². The summed E-state index contributed by atoms with van der Waals surface area (Å²) in [6.45, 7) is 2.84. The van der Waals surface area contributed by atoms with Crippen molar-refractivity contribution in [3.63, 3.8) is 0 Å². The van der Waals surface area contributed by atoms with Gasteiger partial charge in [-0.05, 0) is 36.8 Å². The molecule has 4 rings (SSSR count). The van der Waals surface area contributed by atoms with E-state index in [9.17, 15) is 14.4 Å². The number of amides is 3. The van der Waals surface area contributed by atoms with Crippen LogP contribution in [0.15, 0.2) is 42.5 Å². The molecule has 0 saturated heterocycles. The van der Waals surface area contributed by atoms with Gasteiger partial charge in [0.25, 0.3) is 0 Å². The molecule has 0 bridgehead atoms. The van der Waals surface area contributed by atoms with E-state index in [1.54, 1.807) is 24.3 Å². The molecule has 0 aromatic heterocycles. The monoisotopic (exact) mass is 409 g/mol. The first-order valence-electron chi connectivity index (χ1n) is 9.89. The van der Waals surface area contributed by atoms with Gasteiger partial charge in [0, 0.05) is 12.8 Å². The summed E-state index contributed by atoms with van der Waals surface area (Å²) in [5.41, 5.74) is 2.13. The lowest BCUT2D eigenvalue weighted by molar-refractivity contribution is -0.126. The summed E-state index contributed by atoms with van der Waals surface area (Å²) in [6.07, 6.45) is 0.0509. The molecule has 0 fully saturated rings. The van der Waals surface area contributed by atoms with E-state index < -0.39 is 0 Å². The van der Waals surface area contributed by atoms with E-state index in [2.05, 4.69) is 10.6 Å². The van der Waals surface area contributed by atoms with Gasteiger partial charge in [-0.25, -0.2) is 0 Å². The molecule has 2 N–H and O–H groups in total. The fourth-order valence-electron chi connectivity index (χ4n) is 3.54. The minimum absolute atomic E-state index is 0.0152. The Morgan fingerprint density at radius 2 is 1.87 bits per heavy atom. The Labute approximate surface area is 174 Å². The minimum Gasteiger partial charge on any atom is -0.486 e. The third kappa shape index (κ3) is 4.22. The number of nitrogens with one attached hydrogen (secondary N) is 2. The van der Waals surface area contributed by atoms with Crippen LogP contribution in [0.2, 0.25) is 0 Å². The zero-order valence-electron chi connectivity index (χ0n) is 16.6. The number of rotatable bonds is 5. The molecule has 156 valence electrons. The van der Waals surface area contributed by atoms with Crippen LogP contribution in [0.3, 0.4) is 0 Å². The van der Waals surface area contributed by atoms with Gasteiger partial charge in [-0.15, -0.1) is 0 Å². The number of carbonyl (C=O) groups is 3. The lowest BCUT2D eigenvalue weighted by atomic mass is 10.1. The molecule has 8 heteroatoms. The second-order valence-corrected chi connectivity index (χ2v) is 7.24. The molecule has 2 heterocycles. The van der Waals surface area contributed by atoms with Crippen molar-refractivity contribution < 1.29 is 23.9 Å². The first-order valence-corrected chi connectivity index (χ1v) is 9.89. The number of para-hydroxylation sites is 2. The van der Waals surface area contributed by atoms with Gasteiger partial charge in [0.2, 0.25) is 17.7 Å². The van der Waals surface area contributed by atoms with Crippen molar-refractivity contribution in [2.45, 2.75) is 25.8 Å². The molecule has 2 aliphatic heterocycles. The Kier molecular flexibility index (Phi) is 5.56. The summed E-state index contributed by atoms with van der Waals surface area (Å²) in [7, 11) is 0. The number of benzene rings is 2. The van der Waals surface area contributed by atoms with E-state index in [0.717, 1.165) is 5.56 Å². The normalized spacial score (nSPS) is 15.6. The number of carbonyl (C=O) groups excluding carboxylic acids is 3. The maximum Gasteiger partial charge on any atom is 0.244 e. The van der Waals surface area contributed by atoms with E-state index in [0.29, 0.717) is 36.1 Å². The van der Waals surface area contributed by atoms with Gasteiger partial charge in [-0.3, -0.25) is 14.4 Å². The second-order valence-electron chi connectivity index (χ2n) is 7.24. The molecule has 30 heavy (non-hydrogen) atoms. The predicted octanol–water partition coefficient (Wildman–Crippen LogP) is 2.40. The Morgan fingerprint density at radius 1 is 1.10 bits per heavy atom. The topological polar surface area (TPSA) is 97.0 Å². The molecule has 2 aliphatic rings. The molecule has 0 saturated carbocycles. The number of hydrogen-bond acceptors (Lipinski definition) is 5. The molecule has 0 radical (unpaired) electrons. The largest absolute Gasteiger partial charge is 0.486 e. The van der Waals surface area contributed by atoms with Crippen LogP contribution in [0.25, 0.3) is 0 Å². The van der Waals surface area contributed by atoms with Gasteiger partial charge in [-0.1, -0.05) is 18.2 Å². The quantitative estimate of drug-likeness (QED) is 0.791. The third-order valence-electron chi connectivity index (χ3n) is 5.08. The van der Waals surface area contributed by atoms with Gasteiger partial charge in [-0.2, -0.15) is 0 Å².